The molecule has 1 fully saturated rings. The lowest BCUT2D eigenvalue weighted by Crippen LogP contribution is -2.50. The van der Waals surface area contributed by atoms with E-state index in [1.54, 1.807) is 18.2 Å². The predicted molar refractivity (Wildman–Crippen MR) is 123 cm³/mol. The number of aliphatic hydroxyl groups excluding tert-OH is 1. The molecule has 3 atom stereocenters. The molecule has 2 heterocycles. The van der Waals surface area contributed by atoms with Crippen LogP contribution in [0, 0.1) is 0 Å². The number of hydrogen-bond acceptors (Lipinski definition) is 7. The van der Waals surface area contributed by atoms with E-state index in [2.05, 4.69) is 15.0 Å². The molecular weight excluding hydrogens is 481 g/mol. The van der Waals surface area contributed by atoms with Gasteiger partial charge in [-0.05, 0) is 74.8 Å². The van der Waals surface area contributed by atoms with Gasteiger partial charge in [0.05, 0.1) is 6.04 Å². The maximum absolute atomic E-state index is 13.0. The fourth-order valence-electron chi connectivity index (χ4n) is 4.22. The molecule has 0 aromatic heterocycles. The number of aliphatic hydroxyl groups is 1. The highest BCUT2D eigenvalue weighted by atomic mass is 19.4. The molecule has 3 unspecified atom stereocenters. The van der Waals surface area contributed by atoms with E-state index in [0.717, 1.165) is 38.1 Å². The Bertz CT molecular complexity index is 1030. The molecule has 196 valence electrons. The summed E-state index contributed by atoms with van der Waals surface area (Å²) in [6.45, 7) is 4.59. The van der Waals surface area contributed by atoms with Crippen molar-refractivity contribution in [2.45, 2.75) is 44.4 Å². The van der Waals surface area contributed by atoms with E-state index in [1.807, 2.05) is 0 Å². The molecule has 0 bridgehead atoms. The normalized spacial score (nSPS) is 18.2. The average Bonchev–Trinajstić information content (AvgIpc) is 3.36. The van der Waals surface area contributed by atoms with Gasteiger partial charge in [0.2, 0.25) is 0 Å². The Kier molecular flexibility index (Phi) is 8.10. The van der Waals surface area contributed by atoms with Crippen molar-refractivity contribution < 1.29 is 42.0 Å². The Morgan fingerprint density at radius 2 is 1.69 bits per heavy atom. The number of fused-ring (bicyclic) bond motifs is 1. The fraction of sp³-hybridized carbons (Fsp3) is 0.480. The first-order valence-corrected chi connectivity index (χ1v) is 11.8. The number of nitrogens with zero attached hydrogens (tertiary/aromatic N) is 1. The molecule has 11 heteroatoms. The Hall–Kier alpha value is -3.18. The van der Waals surface area contributed by atoms with Crippen LogP contribution in [0.4, 0.5) is 13.2 Å². The molecule has 2 aromatic rings. The summed E-state index contributed by atoms with van der Waals surface area (Å²) >= 11 is 0. The third-order valence-electron chi connectivity index (χ3n) is 6.01. The van der Waals surface area contributed by atoms with Gasteiger partial charge in [-0.3, -0.25) is 4.79 Å². The van der Waals surface area contributed by atoms with E-state index < -0.39 is 30.5 Å². The summed E-state index contributed by atoms with van der Waals surface area (Å²) in [5.74, 6) is 0.493. The molecule has 0 spiro atoms. The fourth-order valence-corrected chi connectivity index (χ4v) is 4.22. The highest BCUT2D eigenvalue weighted by Gasteiger charge is 2.31. The van der Waals surface area contributed by atoms with Crippen molar-refractivity contribution in [1.29, 1.82) is 0 Å². The van der Waals surface area contributed by atoms with Gasteiger partial charge in [-0.2, -0.15) is 0 Å². The third kappa shape index (κ3) is 6.94. The van der Waals surface area contributed by atoms with Crippen LogP contribution in [-0.2, 0) is 4.79 Å². The molecule has 4 rings (SSSR count). The van der Waals surface area contributed by atoms with Gasteiger partial charge in [0.25, 0.3) is 5.91 Å². The quantitative estimate of drug-likeness (QED) is 0.534. The first-order chi connectivity index (χ1) is 17.2. The first kappa shape index (κ1) is 25.9. The van der Waals surface area contributed by atoms with Crippen molar-refractivity contribution >= 4 is 5.91 Å². The number of nitrogens with one attached hydrogen (secondary N) is 1. The molecule has 36 heavy (non-hydrogen) atoms. The number of carbonyl (C=O) groups excluding carboxylic acids is 1. The van der Waals surface area contributed by atoms with Gasteiger partial charge in [-0.1, -0.05) is 6.07 Å². The summed E-state index contributed by atoms with van der Waals surface area (Å²) < 4.78 is 57.7. The van der Waals surface area contributed by atoms with Crippen LogP contribution >= 0.6 is 0 Å². The number of carbonyl (C=O) groups is 1. The minimum absolute atomic E-state index is 0.204. The van der Waals surface area contributed by atoms with Gasteiger partial charge < -0.3 is 34.3 Å². The topological polar surface area (TPSA) is 89.5 Å². The number of hydrogen-bond donors (Lipinski definition) is 2. The van der Waals surface area contributed by atoms with E-state index in [9.17, 15) is 23.1 Å². The maximum atomic E-state index is 13.0. The number of rotatable bonds is 9. The number of halogens is 3. The monoisotopic (exact) mass is 510 g/mol. The summed E-state index contributed by atoms with van der Waals surface area (Å²) in [6.07, 6.45) is -4.68. The third-order valence-corrected chi connectivity index (χ3v) is 6.01. The second-order valence-corrected chi connectivity index (χ2v) is 8.75. The molecular formula is C25H29F3N2O6. The lowest BCUT2D eigenvalue weighted by atomic mass is 10.0. The van der Waals surface area contributed by atoms with E-state index in [4.69, 9.17) is 14.2 Å². The molecule has 0 saturated carbocycles. The molecule has 8 nitrogen and oxygen atoms in total. The zero-order valence-electron chi connectivity index (χ0n) is 19.8. The van der Waals surface area contributed by atoms with E-state index in [0.29, 0.717) is 36.8 Å². The van der Waals surface area contributed by atoms with Crippen molar-refractivity contribution in [2.75, 3.05) is 32.8 Å². The van der Waals surface area contributed by atoms with Gasteiger partial charge in [0.15, 0.2) is 17.6 Å². The Labute approximate surface area is 206 Å². The lowest BCUT2D eigenvalue weighted by molar-refractivity contribution is -0.274. The Morgan fingerprint density at radius 1 is 1.06 bits per heavy atom. The van der Waals surface area contributed by atoms with Crippen LogP contribution in [0.25, 0.3) is 0 Å². The highest BCUT2D eigenvalue weighted by molar-refractivity contribution is 5.81. The molecule has 0 aliphatic carbocycles. The van der Waals surface area contributed by atoms with Crippen molar-refractivity contribution in [3.05, 3.63) is 48.0 Å². The van der Waals surface area contributed by atoms with E-state index >= 15 is 0 Å². The van der Waals surface area contributed by atoms with Gasteiger partial charge in [0, 0.05) is 6.54 Å². The summed E-state index contributed by atoms with van der Waals surface area (Å²) in [5.41, 5.74) is 0.581. The van der Waals surface area contributed by atoms with Crippen molar-refractivity contribution in [3.8, 4) is 23.0 Å². The van der Waals surface area contributed by atoms with Crippen LogP contribution in [0.1, 0.15) is 31.4 Å². The van der Waals surface area contributed by atoms with Crippen LogP contribution in [0.3, 0.4) is 0 Å². The summed E-state index contributed by atoms with van der Waals surface area (Å²) in [7, 11) is 0. The zero-order chi connectivity index (χ0) is 25.7. The largest absolute Gasteiger partial charge is 0.573 e. The Morgan fingerprint density at radius 3 is 2.36 bits per heavy atom. The van der Waals surface area contributed by atoms with E-state index in [1.165, 1.54) is 19.1 Å². The number of benzene rings is 2. The van der Waals surface area contributed by atoms with Crippen molar-refractivity contribution in [3.63, 3.8) is 0 Å². The molecule has 0 radical (unpaired) electrons. The van der Waals surface area contributed by atoms with Gasteiger partial charge >= 0.3 is 6.36 Å². The smallest absolute Gasteiger partial charge is 0.486 e. The minimum Gasteiger partial charge on any atom is -0.486 e. The number of alkyl halides is 3. The van der Waals surface area contributed by atoms with Gasteiger partial charge in [-0.15, -0.1) is 13.2 Å². The second-order valence-electron chi connectivity index (χ2n) is 8.75. The summed E-state index contributed by atoms with van der Waals surface area (Å²) in [5, 5.41) is 14.1. The Balaban J connectivity index is 1.42. The molecule has 2 aromatic carbocycles. The number of likely N-dealkylation sites (tertiary alicyclic amines) is 1. The van der Waals surface area contributed by atoms with Crippen molar-refractivity contribution in [2.24, 2.45) is 0 Å². The first-order valence-electron chi connectivity index (χ1n) is 11.8. The summed E-state index contributed by atoms with van der Waals surface area (Å²) in [4.78, 5) is 15.1. The minimum atomic E-state index is -4.79. The number of ether oxygens (including phenoxy) is 4. The molecule has 2 aliphatic rings. The van der Waals surface area contributed by atoms with Crippen LogP contribution < -0.4 is 24.3 Å². The standard InChI is InChI=1S/C25H29F3N2O6/c1-16(35-18-5-7-19(8-6-18)36-25(26,27)28)24(32)29-20(15-30-10-2-3-11-30)23(31)17-4-9-21-22(14-17)34-13-12-33-21/h4-9,14,16,20,23,31H,2-3,10-13,15H2,1H3,(H,29,32). The van der Waals surface area contributed by atoms with Gasteiger partial charge in [0.1, 0.15) is 30.8 Å². The molecule has 1 amide bonds. The lowest BCUT2D eigenvalue weighted by Gasteiger charge is -2.30. The second kappa shape index (κ2) is 11.3. The number of amides is 1. The molecule has 1 saturated heterocycles. The van der Waals surface area contributed by atoms with Gasteiger partial charge in [-0.25, -0.2) is 0 Å². The molecule has 2 N–H and O–H groups in total. The van der Waals surface area contributed by atoms with Crippen LogP contribution in [0.15, 0.2) is 42.5 Å². The maximum Gasteiger partial charge on any atom is 0.573 e. The van der Waals surface area contributed by atoms with E-state index in [-0.39, 0.29) is 11.5 Å². The average molecular weight is 511 g/mol. The van der Waals surface area contributed by atoms with Crippen LogP contribution in [-0.4, -0.2) is 67.3 Å². The van der Waals surface area contributed by atoms with Crippen LogP contribution in [0.2, 0.25) is 0 Å². The summed E-state index contributed by atoms with van der Waals surface area (Å²) in [6, 6.07) is 9.35. The molecule has 2 aliphatic heterocycles. The van der Waals surface area contributed by atoms with Crippen LogP contribution in [0.5, 0.6) is 23.0 Å². The SMILES string of the molecule is CC(Oc1ccc(OC(F)(F)F)cc1)C(=O)NC(CN1CCCC1)C(O)c1ccc2c(c1)OCCO2. The highest BCUT2D eigenvalue weighted by Crippen LogP contribution is 2.33. The van der Waals surface area contributed by atoms with Crippen molar-refractivity contribution in [1.82, 2.24) is 10.2 Å². The predicted octanol–water partition coefficient (Wildman–Crippen LogP) is 3.44. The zero-order valence-corrected chi connectivity index (χ0v) is 19.8.